The Morgan fingerprint density at radius 2 is 1.67 bits per heavy atom. The predicted octanol–water partition coefficient (Wildman–Crippen LogP) is 2.92. The summed E-state index contributed by atoms with van der Waals surface area (Å²) in [5, 5.41) is 3.03. The van der Waals surface area contributed by atoms with Crippen LogP contribution in [-0.2, 0) is 14.3 Å². The first-order valence-electron chi connectivity index (χ1n) is 10.1. The van der Waals surface area contributed by atoms with Gasteiger partial charge in [0.05, 0.1) is 12.5 Å². The van der Waals surface area contributed by atoms with Crippen molar-refractivity contribution in [2.75, 3.05) is 29.9 Å². The molecule has 1 aliphatic carbocycles. The van der Waals surface area contributed by atoms with Gasteiger partial charge in [-0.2, -0.15) is 0 Å². The van der Waals surface area contributed by atoms with Crippen LogP contribution in [-0.4, -0.2) is 37.6 Å². The minimum Gasteiger partial charge on any atom is -0.466 e. The van der Waals surface area contributed by atoms with Crippen LogP contribution in [0.2, 0.25) is 0 Å². The van der Waals surface area contributed by atoms with Gasteiger partial charge in [0.25, 0.3) is 0 Å². The van der Waals surface area contributed by atoms with Crippen LogP contribution in [0.1, 0.15) is 45.4 Å². The van der Waals surface area contributed by atoms with Gasteiger partial charge in [-0.25, -0.2) is 0 Å². The molecule has 0 spiro atoms. The molecule has 1 aliphatic heterocycles. The summed E-state index contributed by atoms with van der Waals surface area (Å²) in [7, 11) is 0. The predicted molar refractivity (Wildman–Crippen MR) is 107 cm³/mol. The van der Waals surface area contributed by atoms with Gasteiger partial charge in [0.1, 0.15) is 0 Å². The lowest BCUT2D eigenvalue weighted by Crippen LogP contribution is -2.37. The summed E-state index contributed by atoms with van der Waals surface area (Å²) < 4.78 is 5.13. The average molecular weight is 373 g/mol. The van der Waals surface area contributed by atoms with Gasteiger partial charge in [0.2, 0.25) is 5.91 Å². The molecular weight excluding hydrogens is 342 g/mol. The van der Waals surface area contributed by atoms with Crippen LogP contribution in [0.25, 0.3) is 0 Å². The molecule has 3 rings (SSSR count). The van der Waals surface area contributed by atoms with Gasteiger partial charge in [-0.05, 0) is 69.7 Å². The third-order valence-corrected chi connectivity index (χ3v) is 5.76. The summed E-state index contributed by atoms with van der Waals surface area (Å²) in [4.78, 5) is 26.5. The van der Waals surface area contributed by atoms with Crippen molar-refractivity contribution in [3.8, 4) is 0 Å². The topological polar surface area (TPSA) is 84.7 Å². The maximum atomic E-state index is 12.4. The van der Waals surface area contributed by atoms with Crippen molar-refractivity contribution in [3.63, 3.8) is 0 Å². The van der Waals surface area contributed by atoms with Gasteiger partial charge in [-0.3, -0.25) is 9.59 Å². The number of ether oxygens (including phenoxy) is 1. The van der Waals surface area contributed by atoms with Crippen LogP contribution in [0.3, 0.4) is 0 Å². The third kappa shape index (κ3) is 5.22. The van der Waals surface area contributed by atoms with E-state index in [4.69, 9.17) is 10.5 Å². The summed E-state index contributed by atoms with van der Waals surface area (Å²) in [5.41, 5.74) is 7.87. The van der Waals surface area contributed by atoms with E-state index in [9.17, 15) is 9.59 Å². The summed E-state index contributed by atoms with van der Waals surface area (Å²) in [6, 6.07) is 8.24. The van der Waals surface area contributed by atoms with E-state index in [1.807, 2.05) is 31.2 Å². The van der Waals surface area contributed by atoms with E-state index in [1.165, 1.54) is 0 Å². The lowest BCUT2D eigenvalue weighted by Gasteiger charge is -2.32. The molecule has 2 aliphatic rings. The van der Waals surface area contributed by atoms with Crippen LogP contribution < -0.4 is 16.0 Å². The van der Waals surface area contributed by atoms with E-state index in [1.54, 1.807) is 0 Å². The average Bonchev–Trinajstić information content (AvgIpc) is 2.69. The lowest BCUT2D eigenvalue weighted by atomic mass is 9.86. The Labute approximate surface area is 161 Å². The van der Waals surface area contributed by atoms with Crippen molar-refractivity contribution in [3.05, 3.63) is 24.3 Å². The highest BCUT2D eigenvalue weighted by molar-refractivity contribution is 5.92. The van der Waals surface area contributed by atoms with Gasteiger partial charge >= 0.3 is 5.97 Å². The minimum atomic E-state index is -0.0705. The number of nitrogens with one attached hydrogen (secondary N) is 1. The van der Waals surface area contributed by atoms with E-state index in [-0.39, 0.29) is 29.8 Å². The molecule has 1 saturated carbocycles. The number of esters is 1. The van der Waals surface area contributed by atoms with Crippen molar-refractivity contribution in [2.45, 2.75) is 51.5 Å². The first-order valence-corrected chi connectivity index (χ1v) is 10.1. The van der Waals surface area contributed by atoms with E-state index in [2.05, 4.69) is 10.2 Å². The number of carbonyl (C=O) groups excluding carboxylic acids is 2. The molecule has 0 radical (unpaired) electrons. The number of anilines is 2. The van der Waals surface area contributed by atoms with E-state index >= 15 is 0 Å². The number of benzene rings is 1. The first-order chi connectivity index (χ1) is 13.1. The molecular formula is C21H31N3O3. The summed E-state index contributed by atoms with van der Waals surface area (Å²) in [5.74, 6) is 0.124. The molecule has 27 heavy (non-hydrogen) atoms. The molecule has 0 unspecified atom stereocenters. The van der Waals surface area contributed by atoms with Crippen LogP contribution in [0.4, 0.5) is 11.4 Å². The smallest absolute Gasteiger partial charge is 0.309 e. The molecule has 1 amide bonds. The highest BCUT2D eigenvalue weighted by Crippen LogP contribution is 2.27. The van der Waals surface area contributed by atoms with E-state index in [0.29, 0.717) is 6.61 Å². The largest absolute Gasteiger partial charge is 0.466 e. The molecule has 148 valence electrons. The quantitative estimate of drug-likeness (QED) is 0.775. The second-order valence-electron chi connectivity index (χ2n) is 7.66. The Morgan fingerprint density at radius 3 is 2.26 bits per heavy atom. The summed E-state index contributed by atoms with van der Waals surface area (Å²) in [6.07, 6.45) is 5.25. The van der Waals surface area contributed by atoms with E-state index in [0.717, 1.165) is 63.0 Å². The SMILES string of the molecule is CCOC(=O)C1CCN(c2ccc(NC(=O)C3CCC(N)CC3)cc2)CC1. The number of rotatable bonds is 5. The maximum Gasteiger partial charge on any atom is 0.309 e. The van der Waals surface area contributed by atoms with Crippen LogP contribution in [0, 0.1) is 11.8 Å². The van der Waals surface area contributed by atoms with Crippen molar-refractivity contribution >= 4 is 23.3 Å². The number of piperidine rings is 1. The molecule has 1 heterocycles. The number of hydrogen-bond acceptors (Lipinski definition) is 5. The lowest BCUT2D eigenvalue weighted by molar-refractivity contribution is -0.148. The molecule has 1 aromatic rings. The highest BCUT2D eigenvalue weighted by Gasteiger charge is 2.26. The molecule has 0 bridgehead atoms. The van der Waals surface area contributed by atoms with Gasteiger partial charge in [0.15, 0.2) is 0 Å². The molecule has 0 aromatic heterocycles. The first kappa shape index (κ1) is 19.7. The monoisotopic (exact) mass is 373 g/mol. The van der Waals surface area contributed by atoms with Crippen LogP contribution in [0.5, 0.6) is 0 Å². The molecule has 2 fully saturated rings. The second-order valence-corrected chi connectivity index (χ2v) is 7.66. The Balaban J connectivity index is 1.49. The number of amides is 1. The van der Waals surface area contributed by atoms with Gasteiger partial charge in [0, 0.05) is 36.4 Å². The van der Waals surface area contributed by atoms with Gasteiger partial charge in [-0.1, -0.05) is 0 Å². The zero-order chi connectivity index (χ0) is 19.2. The molecule has 1 aromatic carbocycles. The van der Waals surface area contributed by atoms with Crippen LogP contribution >= 0.6 is 0 Å². The fourth-order valence-electron chi connectivity index (χ4n) is 4.01. The Morgan fingerprint density at radius 1 is 1.04 bits per heavy atom. The standard InChI is InChI=1S/C21H31N3O3/c1-2-27-21(26)16-11-13-24(14-12-16)19-9-7-18(8-10-19)23-20(25)15-3-5-17(22)6-4-15/h7-10,15-17H,2-6,11-14,22H2,1H3,(H,23,25). The van der Waals surface area contributed by atoms with Crippen molar-refractivity contribution < 1.29 is 14.3 Å². The van der Waals surface area contributed by atoms with Gasteiger partial charge in [-0.15, -0.1) is 0 Å². The molecule has 0 atom stereocenters. The number of nitrogens with two attached hydrogens (primary N) is 1. The maximum absolute atomic E-state index is 12.4. The van der Waals surface area contributed by atoms with Crippen molar-refractivity contribution in [1.29, 1.82) is 0 Å². The molecule has 6 heteroatoms. The Hall–Kier alpha value is -2.08. The van der Waals surface area contributed by atoms with Crippen molar-refractivity contribution in [1.82, 2.24) is 0 Å². The second kappa shape index (κ2) is 9.22. The highest BCUT2D eigenvalue weighted by atomic mass is 16.5. The fraction of sp³-hybridized carbons (Fsp3) is 0.619. The minimum absolute atomic E-state index is 0.0170. The number of hydrogen-bond donors (Lipinski definition) is 2. The van der Waals surface area contributed by atoms with E-state index < -0.39 is 0 Å². The Bertz CT molecular complexity index is 631. The molecule has 1 saturated heterocycles. The third-order valence-electron chi connectivity index (χ3n) is 5.76. The normalized spacial score (nSPS) is 23.7. The molecule has 6 nitrogen and oxygen atoms in total. The zero-order valence-corrected chi connectivity index (χ0v) is 16.2. The number of nitrogens with zero attached hydrogens (tertiary/aromatic N) is 1. The Kier molecular flexibility index (Phi) is 6.72. The van der Waals surface area contributed by atoms with Crippen LogP contribution in [0.15, 0.2) is 24.3 Å². The summed E-state index contributed by atoms with van der Waals surface area (Å²) in [6.45, 7) is 3.98. The fourth-order valence-corrected chi connectivity index (χ4v) is 4.01. The van der Waals surface area contributed by atoms with Gasteiger partial charge < -0.3 is 20.7 Å². The summed E-state index contributed by atoms with van der Waals surface area (Å²) >= 11 is 0. The van der Waals surface area contributed by atoms with Crippen molar-refractivity contribution in [2.24, 2.45) is 17.6 Å². The molecule has 3 N–H and O–H groups in total. The number of carbonyl (C=O) groups is 2. The zero-order valence-electron chi connectivity index (χ0n) is 16.2.